The van der Waals surface area contributed by atoms with Crippen molar-refractivity contribution in [1.29, 1.82) is 0 Å². The first-order valence-electron chi connectivity index (χ1n) is 8.97. The van der Waals surface area contributed by atoms with Crippen LogP contribution in [0.2, 0.25) is 0 Å². The Morgan fingerprint density at radius 2 is 1.72 bits per heavy atom. The number of benzene rings is 2. The summed E-state index contributed by atoms with van der Waals surface area (Å²) in [4.78, 5) is 36.5. The number of hydrogen-bond donors (Lipinski definition) is 2. The molecule has 0 bridgehead atoms. The molecule has 0 unspecified atom stereocenters. The Hall–Kier alpha value is -3.87. The number of hydrogen-bond acceptors (Lipinski definition) is 5. The number of amides is 2. The summed E-state index contributed by atoms with van der Waals surface area (Å²) in [6.07, 6.45) is 1.38. The lowest BCUT2D eigenvalue weighted by atomic mass is 10.1. The highest BCUT2D eigenvalue weighted by Gasteiger charge is 2.17. The van der Waals surface area contributed by atoms with E-state index in [0.717, 1.165) is 11.1 Å². The molecule has 0 fully saturated rings. The summed E-state index contributed by atoms with van der Waals surface area (Å²) in [7, 11) is 0. The van der Waals surface area contributed by atoms with Crippen LogP contribution in [0.3, 0.4) is 0 Å². The molecule has 0 aliphatic carbocycles. The van der Waals surface area contributed by atoms with Gasteiger partial charge in [-0.2, -0.15) is 0 Å². The van der Waals surface area contributed by atoms with Gasteiger partial charge in [0.1, 0.15) is 0 Å². The summed E-state index contributed by atoms with van der Waals surface area (Å²) >= 11 is 0. The zero-order chi connectivity index (χ0) is 20.6. The molecule has 7 nitrogen and oxygen atoms in total. The minimum atomic E-state index is -0.716. The average molecular weight is 392 g/mol. The van der Waals surface area contributed by atoms with Crippen molar-refractivity contribution in [3.05, 3.63) is 89.4 Å². The van der Waals surface area contributed by atoms with E-state index in [1.54, 1.807) is 24.3 Å². The van der Waals surface area contributed by atoms with Crippen LogP contribution in [0.15, 0.2) is 71.3 Å². The third-order valence-corrected chi connectivity index (χ3v) is 4.21. The first-order valence-corrected chi connectivity index (χ1v) is 8.97. The second kappa shape index (κ2) is 9.36. The summed E-state index contributed by atoms with van der Waals surface area (Å²) < 4.78 is 10.1. The fourth-order valence-corrected chi connectivity index (χ4v) is 2.62. The number of furan rings is 1. The van der Waals surface area contributed by atoms with E-state index in [4.69, 9.17) is 9.15 Å². The Labute approximate surface area is 167 Å². The first-order chi connectivity index (χ1) is 14.0. The summed E-state index contributed by atoms with van der Waals surface area (Å²) in [5.41, 5.74) is 2.45. The molecule has 0 radical (unpaired) electrons. The van der Waals surface area contributed by atoms with Crippen molar-refractivity contribution in [1.82, 2.24) is 5.32 Å². The molecule has 3 aromatic rings. The van der Waals surface area contributed by atoms with Gasteiger partial charge in [-0.15, -0.1) is 0 Å². The monoisotopic (exact) mass is 392 g/mol. The van der Waals surface area contributed by atoms with Gasteiger partial charge in [0, 0.05) is 6.54 Å². The van der Waals surface area contributed by atoms with Crippen LogP contribution in [0.5, 0.6) is 0 Å². The molecule has 3 rings (SSSR count). The number of aryl methyl sites for hydroxylation is 1. The van der Waals surface area contributed by atoms with Gasteiger partial charge in [-0.25, -0.2) is 4.79 Å². The number of carbonyl (C=O) groups is 3. The average Bonchev–Trinajstić information content (AvgIpc) is 3.27. The van der Waals surface area contributed by atoms with Crippen molar-refractivity contribution in [2.24, 2.45) is 0 Å². The van der Waals surface area contributed by atoms with E-state index < -0.39 is 24.4 Å². The van der Waals surface area contributed by atoms with Crippen molar-refractivity contribution in [3.8, 4) is 0 Å². The van der Waals surface area contributed by atoms with Gasteiger partial charge < -0.3 is 19.8 Å². The number of para-hydroxylation sites is 1. The van der Waals surface area contributed by atoms with Gasteiger partial charge in [0.05, 0.1) is 17.5 Å². The Bertz CT molecular complexity index is 1010. The van der Waals surface area contributed by atoms with E-state index in [1.807, 2.05) is 31.2 Å². The number of nitrogens with one attached hydrogen (secondary N) is 2. The maximum atomic E-state index is 12.4. The highest BCUT2D eigenvalue weighted by Crippen LogP contribution is 2.17. The molecule has 1 aromatic heterocycles. The quantitative estimate of drug-likeness (QED) is 0.601. The number of ether oxygens (including phenoxy) is 1. The maximum absolute atomic E-state index is 12.4. The van der Waals surface area contributed by atoms with Crippen molar-refractivity contribution in [2.75, 3.05) is 11.9 Å². The van der Waals surface area contributed by atoms with Crippen LogP contribution in [0.25, 0.3) is 0 Å². The molecule has 0 aliphatic rings. The molecule has 2 N–H and O–H groups in total. The van der Waals surface area contributed by atoms with E-state index in [0.29, 0.717) is 6.54 Å². The number of anilines is 1. The molecule has 7 heteroatoms. The maximum Gasteiger partial charge on any atom is 0.340 e. The Balaban J connectivity index is 1.56. The van der Waals surface area contributed by atoms with E-state index in [-0.39, 0.29) is 17.0 Å². The van der Waals surface area contributed by atoms with Gasteiger partial charge in [0.2, 0.25) is 0 Å². The summed E-state index contributed by atoms with van der Waals surface area (Å²) in [6.45, 7) is 1.87. The van der Waals surface area contributed by atoms with Gasteiger partial charge in [0.25, 0.3) is 11.8 Å². The van der Waals surface area contributed by atoms with Crippen LogP contribution in [-0.4, -0.2) is 24.4 Å². The van der Waals surface area contributed by atoms with Gasteiger partial charge in [0.15, 0.2) is 12.4 Å². The van der Waals surface area contributed by atoms with Crippen molar-refractivity contribution in [3.63, 3.8) is 0 Å². The lowest BCUT2D eigenvalue weighted by Gasteiger charge is -2.11. The molecular formula is C22H20N2O5. The largest absolute Gasteiger partial charge is 0.459 e. The topological polar surface area (TPSA) is 97.6 Å². The predicted molar refractivity (Wildman–Crippen MR) is 106 cm³/mol. The predicted octanol–water partition coefficient (Wildman–Crippen LogP) is 3.31. The lowest BCUT2D eigenvalue weighted by molar-refractivity contribution is -0.124. The molecule has 148 valence electrons. The SMILES string of the molecule is Cc1ccccc1CNC(=O)COC(=O)c1ccccc1NC(=O)c1ccco1. The standard InChI is InChI=1S/C22H20N2O5/c1-15-7-2-3-8-16(15)13-23-20(25)14-29-22(27)17-9-4-5-10-18(17)24-21(26)19-11-6-12-28-19/h2-12H,13-14H2,1H3,(H,23,25)(H,24,26). The Morgan fingerprint density at radius 3 is 2.48 bits per heavy atom. The van der Waals surface area contributed by atoms with Gasteiger partial charge in [-0.05, 0) is 42.3 Å². The number of carbonyl (C=O) groups excluding carboxylic acids is 3. The molecule has 0 atom stereocenters. The Morgan fingerprint density at radius 1 is 0.966 bits per heavy atom. The minimum absolute atomic E-state index is 0.115. The summed E-state index contributed by atoms with van der Waals surface area (Å²) in [5.74, 6) is -1.51. The van der Waals surface area contributed by atoms with E-state index >= 15 is 0 Å². The highest BCUT2D eigenvalue weighted by atomic mass is 16.5. The molecule has 2 amide bonds. The van der Waals surface area contributed by atoms with Crippen LogP contribution < -0.4 is 10.6 Å². The third-order valence-electron chi connectivity index (χ3n) is 4.21. The number of rotatable bonds is 7. The molecular weight excluding hydrogens is 372 g/mol. The van der Waals surface area contributed by atoms with Crippen LogP contribution in [-0.2, 0) is 16.1 Å². The normalized spacial score (nSPS) is 10.2. The molecule has 29 heavy (non-hydrogen) atoms. The minimum Gasteiger partial charge on any atom is -0.459 e. The fraction of sp³-hybridized carbons (Fsp3) is 0.136. The van der Waals surface area contributed by atoms with Crippen LogP contribution in [0.1, 0.15) is 32.0 Å². The molecule has 0 aliphatic heterocycles. The van der Waals surface area contributed by atoms with E-state index in [2.05, 4.69) is 10.6 Å². The fourth-order valence-electron chi connectivity index (χ4n) is 2.62. The van der Waals surface area contributed by atoms with Crippen molar-refractivity contribution in [2.45, 2.75) is 13.5 Å². The molecule has 0 saturated carbocycles. The van der Waals surface area contributed by atoms with Crippen LogP contribution >= 0.6 is 0 Å². The number of esters is 1. The highest BCUT2D eigenvalue weighted by molar-refractivity contribution is 6.06. The van der Waals surface area contributed by atoms with Gasteiger partial charge in [-0.3, -0.25) is 9.59 Å². The third kappa shape index (κ3) is 5.32. The molecule has 0 saturated heterocycles. The lowest BCUT2D eigenvalue weighted by Crippen LogP contribution is -2.28. The van der Waals surface area contributed by atoms with Crippen LogP contribution in [0, 0.1) is 6.92 Å². The van der Waals surface area contributed by atoms with E-state index in [9.17, 15) is 14.4 Å². The van der Waals surface area contributed by atoms with Gasteiger partial charge >= 0.3 is 5.97 Å². The zero-order valence-corrected chi connectivity index (χ0v) is 15.8. The second-order valence-corrected chi connectivity index (χ2v) is 6.26. The van der Waals surface area contributed by atoms with Crippen LogP contribution in [0.4, 0.5) is 5.69 Å². The molecule has 0 spiro atoms. The molecule has 1 heterocycles. The van der Waals surface area contributed by atoms with Gasteiger partial charge in [-0.1, -0.05) is 36.4 Å². The van der Waals surface area contributed by atoms with Crippen molar-refractivity contribution < 1.29 is 23.5 Å². The smallest absolute Gasteiger partial charge is 0.340 e. The summed E-state index contributed by atoms with van der Waals surface area (Å²) in [5, 5.41) is 5.31. The Kier molecular flexibility index (Phi) is 6.42. The van der Waals surface area contributed by atoms with Crippen molar-refractivity contribution >= 4 is 23.5 Å². The summed E-state index contributed by atoms with van der Waals surface area (Å²) in [6, 6.07) is 17.2. The molecule has 2 aromatic carbocycles. The zero-order valence-electron chi connectivity index (χ0n) is 15.8. The van der Waals surface area contributed by atoms with E-state index in [1.165, 1.54) is 18.4 Å². The first kappa shape index (κ1) is 19.9. The second-order valence-electron chi connectivity index (χ2n) is 6.26.